The summed E-state index contributed by atoms with van der Waals surface area (Å²) in [5.41, 5.74) is 1.10. The molecule has 0 bridgehead atoms. The Labute approximate surface area is 172 Å². The minimum absolute atomic E-state index is 0.158. The molecule has 0 aliphatic rings. The molecule has 0 aliphatic heterocycles. The highest BCUT2D eigenvalue weighted by Gasteiger charge is 2.19. The Balaban J connectivity index is 2.02. The first-order valence-electron chi connectivity index (χ1n) is 8.08. The van der Waals surface area contributed by atoms with Gasteiger partial charge in [0.1, 0.15) is 5.75 Å². The molecular weight excluding hydrogens is 456 g/mol. The van der Waals surface area contributed by atoms with Crippen LogP contribution >= 0.6 is 27.5 Å². The standard InChI is InChI=1S/C18H20BrClN2O4S/c1-26-17-10-9-13(12-15(17)20)22(27(2,24)25)11-5-8-18(23)21-16-7-4-3-6-14(16)19/h3-4,6-7,9-10,12H,5,8,11H2,1-2H3,(H,21,23). The molecule has 0 spiro atoms. The predicted octanol–water partition coefficient (Wildman–Crippen LogP) is 4.30. The maximum absolute atomic E-state index is 12.2. The Morgan fingerprint density at radius 2 is 1.96 bits per heavy atom. The third kappa shape index (κ3) is 6.12. The van der Waals surface area contributed by atoms with E-state index in [1.54, 1.807) is 18.2 Å². The first-order chi connectivity index (χ1) is 12.7. The van der Waals surface area contributed by atoms with E-state index in [1.807, 2.05) is 18.2 Å². The Morgan fingerprint density at radius 1 is 1.26 bits per heavy atom. The molecule has 27 heavy (non-hydrogen) atoms. The van der Waals surface area contributed by atoms with Crippen molar-refractivity contribution in [2.75, 3.05) is 29.5 Å². The zero-order chi connectivity index (χ0) is 20.0. The number of hydrogen-bond acceptors (Lipinski definition) is 4. The van der Waals surface area contributed by atoms with E-state index in [9.17, 15) is 13.2 Å². The van der Waals surface area contributed by atoms with Gasteiger partial charge >= 0.3 is 0 Å². The van der Waals surface area contributed by atoms with Crippen LogP contribution in [0.4, 0.5) is 11.4 Å². The molecule has 146 valence electrons. The molecule has 1 N–H and O–H groups in total. The average molecular weight is 476 g/mol. The Kier molecular flexibility index (Phi) is 7.52. The topological polar surface area (TPSA) is 75.7 Å². The molecule has 1 amide bonds. The molecule has 0 fully saturated rings. The second-order valence-corrected chi connectivity index (χ2v) is 8.95. The third-order valence-electron chi connectivity index (χ3n) is 3.74. The second-order valence-electron chi connectivity index (χ2n) is 5.79. The van der Waals surface area contributed by atoms with Crippen molar-refractivity contribution in [3.05, 3.63) is 52.0 Å². The van der Waals surface area contributed by atoms with Crippen molar-refractivity contribution < 1.29 is 17.9 Å². The van der Waals surface area contributed by atoms with Crippen LogP contribution in [0.1, 0.15) is 12.8 Å². The van der Waals surface area contributed by atoms with Crippen LogP contribution in [-0.2, 0) is 14.8 Å². The first kappa shape index (κ1) is 21.5. The van der Waals surface area contributed by atoms with E-state index in [4.69, 9.17) is 16.3 Å². The van der Waals surface area contributed by atoms with Gasteiger partial charge in [0.15, 0.2) is 0 Å². The van der Waals surface area contributed by atoms with Crippen LogP contribution in [0.25, 0.3) is 0 Å². The molecule has 2 rings (SSSR count). The van der Waals surface area contributed by atoms with Crippen molar-refractivity contribution in [2.24, 2.45) is 0 Å². The highest BCUT2D eigenvalue weighted by molar-refractivity contribution is 9.10. The fraction of sp³-hybridized carbons (Fsp3) is 0.278. The zero-order valence-corrected chi connectivity index (χ0v) is 18.1. The number of amides is 1. The second kappa shape index (κ2) is 9.43. The van der Waals surface area contributed by atoms with Crippen molar-refractivity contribution in [1.29, 1.82) is 0 Å². The van der Waals surface area contributed by atoms with Gasteiger partial charge in [-0.2, -0.15) is 0 Å². The lowest BCUT2D eigenvalue weighted by molar-refractivity contribution is -0.116. The number of anilines is 2. The molecule has 0 saturated heterocycles. The number of carbonyl (C=O) groups is 1. The quantitative estimate of drug-likeness (QED) is 0.618. The summed E-state index contributed by atoms with van der Waals surface area (Å²) in [6.45, 7) is 0.158. The van der Waals surface area contributed by atoms with Gasteiger partial charge in [0, 0.05) is 17.4 Å². The number of para-hydroxylation sites is 1. The van der Waals surface area contributed by atoms with Gasteiger partial charge in [-0.1, -0.05) is 23.7 Å². The summed E-state index contributed by atoms with van der Waals surface area (Å²) >= 11 is 9.46. The number of nitrogens with one attached hydrogen (secondary N) is 1. The van der Waals surface area contributed by atoms with Crippen LogP contribution in [0.15, 0.2) is 46.9 Å². The summed E-state index contributed by atoms with van der Waals surface area (Å²) in [6.07, 6.45) is 1.65. The highest BCUT2D eigenvalue weighted by atomic mass is 79.9. The van der Waals surface area contributed by atoms with Gasteiger partial charge in [0.2, 0.25) is 15.9 Å². The lowest BCUT2D eigenvalue weighted by Gasteiger charge is -2.23. The van der Waals surface area contributed by atoms with Crippen LogP contribution in [0, 0.1) is 0 Å². The summed E-state index contributed by atoms with van der Waals surface area (Å²) < 4.78 is 31.4. The summed E-state index contributed by atoms with van der Waals surface area (Å²) in [7, 11) is -2.04. The minimum atomic E-state index is -3.52. The molecule has 2 aromatic rings. The molecule has 6 nitrogen and oxygen atoms in total. The highest BCUT2D eigenvalue weighted by Crippen LogP contribution is 2.30. The SMILES string of the molecule is COc1ccc(N(CCCC(=O)Nc2ccccc2Br)S(C)(=O)=O)cc1Cl. The summed E-state index contributed by atoms with van der Waals surface area (Å²) in [5, 5.41) is 3.11. The molecule has 9 heteroatoms. The van der Waals surface area contributed by atoms with Crippen molar-refractivity contribution in [2.45, 2.75) is 12.8 Å². The van der Waals surface area contributed by atoms with E-state index in [2.05, 4.69) is 21.2 Å². The lowest BCUT2D eigenvalue weighted by atomic mass is 10.2. The van der Waals surface area contributed by atoms with E-state index in [0.29, 0.717) is 28.6 Å². The van der Waals surface area contributed by atoms with Gasteiger partial charge in [-0.15, -0.1) is 0 Å². The van der Waals surface area contributed by atoms with Crippen molar-refractivity contribution in [3.8, 4) is 5.75 Å². The Bertz CT molecular complexity index is 921. The van der Waals surface area contributed by atoms with Crippen molar-refractivity contribution in [1.82, 2.24) is 0 Å². The normalized spacial score (nSPS) is 11.1. The maximum atomic E-state index is 12.2. The number of rotatable bonds is 8. The summed E-state index contributed by atoms with van der Waals surface area (Å²) in [5.74, 6) is 0.268. The van der Waals surface area contributed by atoms with E-state index in [1.165, 1.54) is 17.5 Å². The summed E-state index contributed by atoms with van der Waals surface area (Å²) in [4.78, 5) is 12.1. The fourth-order valence-electron chi connectivity index (χ4n) is 2.46. The number of methoxy groups -OCH3 is 1. The van der Waals surface area contributed by atoms with E-state index < -0.39 is 10.0 Å². The van der Waals surface area contributed by atoms with Crippen LogP contribution in [-0.4, -0.2) is 34.2 Å². The zero-order valence-electron chi connectivity index (χ0n) is 14.9. The summed E-state index contributed by atoms with van der Waals surface area (Å²) in [6, 6.07) is 12.0. The Hall–Kier alpha value is -1.77. The first-order valence-corrected chi connectivity index (χ1v) is 11.1. The Morgan fingerprint density at radius 3 is 2.56 bits per heavy atom. The number of nitrogens with zero attached hydrogens (tertiary/aromatic N) is 1. The van der Waals surface area contributed by atoms with Gasteiger partial charge in [-0.3, -0.25) is 9.10 Å². The number of carbonyl (C=O) groups excluding carboxylic acids is 1. The molecule has 0 heterocycles. The number of ether oxygens (including phenoxy) is 1. The van der Waals surface area contributed by atoms with Gasteiger partial charge in [-0.05, 0) is 52.7 Å². The number of benzene rings is 2. The number of halogens is 2. The minimum Gasteiger partial charge on any atom is -0.495 e. The van der Waals surface area contributed by atoms with Gasteiger partial charge in [-0.25, -0.2) is 8.42 Å². The third-order valence-corrected chi connectivity index (χ3v) is 5.92. The molecule has 0 saturated carbocycles. The van der Waals surface area contributed by atoms with Gasteiger partial charge in [0.25, 0.3) is 0 Å². The molecular formula is C18H20BrClN2O4S. The van der Waals surface area contributed by atoms with Crippen molar-refractivity contribution >= 4 is 54.8 Å². The predicted molar refractivity (Wildman–Crippen MR) is 112 cm³/mol. The number of hydrogen-bond donors (Lipinski definition) is 1. The van der Waals surface area contributed by atoms with Crippen LogP contribution in [0.5, 0.6) is 5.75 Å². The van der Waals surface area contributed by atoms with E-state index in [0.717, 1.165) is 10.7 Å². The van der Waals surface area contributed by atoms with Gasteiger partial charge in [0.05, 0.1) is 29.8 Å². The maximum Gasteiger partial charge on any atom is 0.232 e. The van der Waals surface area contributed by atoms with Gasteiger partial charge < -0.3 is 10.1 Å². The molecule has 2 aromatic carbocycles. The molecule has 0 aromatic heterocycles. The van der Waals surface area contributed by atoms with Crippen LogP contribution < -0.4 is 14.4 Å². The van der Waals surface area contributed by atoms with Crippen LogP contribution in [0.3, 0.4) is 0 Å². The average Bonchev–Trinajstić information content (AvgIpc) is 2.59. The van der Waals surface area contributed by atoms with E-state index >= 15 is 0 Å². The number of sulfonamides is 1. The molecule has 0 aliphatic carbocycles. The molecule has 0 atom stereocenters. The molecule has 0 unspecified atom stereocenters. The smallest absolute Gasteiger partial charge is 0.232 e. The van der Waals surface area contributed by atoms with Crippen molar-refractivity contribution in [3.63, 3.8) is 0 Å². The van der Waals surface area contributed by atoms with E-state index in [-0.39, 0.29) is 18.9 Å². The molecule has 0 radical (unpaired) electrons. The fourth-order valence-corrected chi connectivity index (χ4v) is 4.05. The monoisotopic (exact) mass is 474 g/mol. The van der Waals surface area contributed by atoms with Crippen LogP contribution in [0.2, 0.25) is 5.02 Å². The lowest BCUT2D eigenvalue weighted by Crippen LogP contribution is -2.31. The largest absolute Gasteiger partial charge is 0.495 e.